The highest BCUT2D eigenvalue weighted by Gasteiger charge is 2.16. The lowest BCUT2D eigenvalue weighted by atomic mass is 10.1. The molecule has 178 valence electrons. The van der Waals surface area contributed by atoms with Crippen LogP contribution in [-0.4, -0.2) is 25.5 Å². The average Bonchev–Trinajstić information content (AvgIpc) is 2.84. The second-order valence-electron chi connectivity index (χ2n) is 7.32. The molecule has 0 bridgehead atoms. The van der Waals surface area contributed by atoms with Crippen molar-refractivity contribution in [2.75, 3.05) is 24.4 Å². The molecule has 9 heteroatoms. The van der Waals surface area contributed by atoms with Gasteiger partial charge in [-0.3, -0.25) is 9.59 Å². The van der Waals surface area contributed by atoms with E-state index in [0.717, 1.165) is 5.56 Å². The van der Waals surface area contributed by atoms with Gasteiger partial charge in [0.25, 0.3) is 11.8 Å². The highest BCUT2D eigenvalue weighted by atomic mass is 127. The monoisotopic (exact) mass is 585 g/mol. The van der Waals surface area contributed by atoms with Gasteiger partial charge in [-0.1, -0.05) is 18.2 Å². The van der Waals surface area contributed by atoms with Crippen molar-refractivity contribution < 1.29 is 23.5 Å². The number of hydrogen-bond acceptors (Lipinski definition) is 5. The molecule has 0 heterocycles. The molecule has 2 amide bonds. The van der Waals surface area contributed by atoms with Crippen LogP contribution in [0, 0.1) is 27.6 Å². The van der Waals surface area contributed by atoms with Crippen molar-refractivity contribution in [1.29, 1.82) is 5.26 Å². The fraction of sp³-hybridized carbons (Fsp3) is 0.115. The van der Waals surface area contributed by atoms with Crippen molar-refractivity contribution >= 4 is 51.9 Å². The summed E-state index contributed by atoms with van der Waals surface area (Å²) in [7, 11) is 1.45. The third-order valence-corrected chi connectivity index (χ3v) is 5.60. The summed E-state index contributed by atoms with van der Waals surface area (Å²) in [4.78, 5) is 24.8. The number of carbonyl (C=O) groups is 2. The van der Waals surface area contributed by atoms with Crippen LogP contribution in [0.3, 0.4) is 0 Å². The number of para-hydroxylation sites is 1. The summed E-state index contributed by atoms with van der Waals surface area (Å²) in [6, 6.07) is 17.8. The van der Waals surface area contributed by atoms with Gasteiger partial charge in [-0.15, -0.1) is 0 Å². The van der Waals surface area contributed by atoms with Crippen LogP contribution in [0.25, 0.3) is 6.08 Å². The maximum absolute atomic E-state index is 13.1. The summed E-state index contributed by atoms with van der Waals surface area (Å²) >= 11 is 2.02. The van der Waals surface area contributed by atoms with Crippen molar-refractivity contribution in [3.63, 3.8) is 0 Å². The fourth-order valence-corrected chi connectivity index (χ4v) is 3.83. The summed E-state index contributed by atoms with van der Waals surface area (Å²) in [5.41, 5.74) is 2.36. The van der Waals surface area contributed by atoms with E-state index in [1.807, 2.05) is 53.8 Å². The minimum atomic E-state index is -0.638. The van der Waals surface area contributed by atoms with Gasteiger partial charge in [0.1, 0.15) is 17.5 Å². The van der Waals surface area contributed by atoms with Gasteiger partial charge in [-0.2, -0.15) is 5.26 Å². The van der Waals surface area contributed by atoms with Crippen LogP contribution < -0.4 is 20.1 Å². The smallest absolute Gasteiger partial charge is 0.266 e. The van der Waals surface area contributed by atoms with Crippen LogP contribution in [-0.2, 0) is 9.59 Å². The highest BCUT2D eigenvalue weighted by Crippen LogP contribution is 2.34. The first kappa shape index (κ1) is 25.7. The number of anilines is 2. The molecule has 3 rings (SSSR count). The molecule has 3 aromatic carbocycles. The van der Waals surface area contributed by atoms with E-state index in [1.165, 1.54) is 37.5 Å². The van der Waals surface area contributed by atoms with E-state index in [1.54, 1.807) is 18.2 Å². The van der Waals surface area contributed by atoms with Crippen molar-refractivity contribution in [2.24, 2.45) is 0 Å². The van der Waals surface area contributed by atoms with Gasteiger partial charge in [0.05, 0.1) is 10.7 Å². The molecule has 7 nitrogen and oxygen atoms in total. The molecule has 35 heavy (non-hydrogen) atoms. The second-order valence-corrected chi connectivity index (χ2v) is 8.48. The van der Waals surface area contributed by atoms with Crippen molar-refractivity contribution in [3.05, 3.63) is 86.8 Å². The molecule has 0 aliphatic rings. The lowest BCUT2D eigenvalue weighted by Crippen LogP contribution is -2.21. The Balaban J connectivity index is 1.74. The number of hydrogen-bond donors (Lipinski definition) is 2. The van der Waals surface area contributed by atoms with Crippen LogP contribution >= 0.6 is 22.6 Å². The molecule has 2 N–H and O–H groups in total. The zero-order valence-corrected chi connectivity index (χ0v) is 21.1. The molecule has 0 saturated carbocycles. The molecule has 0 fully saturated rings. The highest BCUT2D eigenvalue weighted by molar-refractivity contribution is 14.1. The number of benzene rings is 3. The molecule has 0 radical (unpaired) electrons. The summed E-state index contributed by atoms with van der Waals surface area (Å²) < 4.78 is 24.8. The van der Waals surface area contributed by atoms with Crippen molar-refractivity contribution in [1.82, 2.24) is 0 Å². The van der Waals surface area contributed by atoms with Gasteiger partial charge in [0, 0.05) is 11.4 Å². The van der Waals surface area contributed by atoms with Gasteiger partial charge in [-0.25, -0.2) is 4.39 Å². The summed E-state index contributed by atoms with van der Waals surface area (Å²) in [6.07, 6.45) is 1.40. The summed E-state index contributed by atoms with van der Waals surface area (Å²) in [5, 5.41) is 14.8. The number of nitriles is 1. The SMILES string of the molecule is COc1cc(/C=C(\C#N)C(=O)Nc2ccc(F)cc2)cc(I)c1OCC(=O)Nc1ccccc1C. The van der Waals surface area contributed by atoms with Gasteiger partial charge in [-0.05, 0) is 89.2 Å². The molecule has 0 unspecified atom stereocenters. The van der Waals surface area contributed by atoms with Crippen LogP contribution in [0.2, 0.25) is 0 Å². The summed E-state index contributed by atoms with van der Waals surface area (Å²) in [6.45, 7) is 1.66. The Labute approximate surface area is 215 Å². The van der Waals surface area contributed by atoms with Gasteiger partial charge < -0.3 is 20.1 Å². The molecule has 0 atom stereocenters. The Morgan fingerprint density at radius 3 is 2.49 bits per heavy atom. The molecule has 0 aliphatic heterocycles. The number of nitrogens with one attached hydrogen (secondary N) is 2. The molecular formula is C26H21FIN3O4. The van der Waals surface area contributed by atoms with E-state index in [0.29, 0.717) is 32.0 Å². The first-order valence-electron chi connectivity index (χ1n) is 10.3. The van der Waals surface area contributed by atoms with Gasteiger partial charge in [0.2, 0.25) is 0 Å². The predicted octanol–water partition coefficient (Wildman–Crippen LogP) is 5.31. The van der Waals surface area contributed by atoms with Crippen molar-refractivity contribution in [2.45, 2.75) is 6.92 Å². The number of rotatable bonds is 8. The fourth-order valence-electron chi connectivity index (χ4n) is 3.05. The van der Waals surface area contributed by atoms with Gasteiger partial charge >= 0.3 is 0 Å². The molecule has 0 saturated heterocycles. The Hall–Kier alpha value is -3.91. The average molecular weight is 585 g/mol. The predicted molar refractivity (Wildman–Crippen MR) is 140 cm³/mol. The number of nitrogens with zero attached hydrogens (tertiary/aromatic N) is 1. The Morgan fingerprint density at radius 1 is 1.11 bits per heavy atom. The Morgan fingerprint density at radius 2 is 1.83 bits per heavy atom. The molecule has 0 aromatic heterocycles. The number of carbonyl (C=O) groups excluding carboxylic acids is 2. The largest absolute Gasteiger partial charge is 0.493 e. The standard InChI is InChI=1S/C26H21FIN3O4/c1-16-5-3-4-6-22(16)31-24(32)15-35-25-21(28)12-17(13-23(25)34-2)11-18(14-29)26(33)30-20-9-7-19(27)8-10-20/h3-13H,15H2,1-2H3,(H,30,33)(H,31,32)/b18-11+. The Bertz CT molecular complexity index is 1320. The van der Waals surface area contributed by atoms with E-state index in [2.05, 4.69) is 10.6 Å². The minimum Gasteiger partial charge on any atom is -0.493 e. The second kappa shape index (κ2) is 12.0. The zero-order chi connectivity index (χ0) is 25.4. The first-order chi connectivity index (χ1) is 16.8. The van der Waals surface area contributed by atoms with E-state index >= 15 is 0 Å². The number of halogens is 2. The quantitative estimate of drug-likeness (QED) is 0.212. The van der Waals surface area contributed by atoms with Crippen LogP contribution in [0.1, 0.15) is 11.1 Å². The van der Waals surface area contributed by atoms with E-state index < -0.39 is 11.7 Å². The van der Waals surface area contributed by atoms with Crippen LogP contribution in [0.4, 0.5) is 15.8 Å². The molecule has 0 spiro atoms. The van der Waals surface area contributed by atoms with Gasteiger partial charge in [0.15, 0.2) is 18.1 Å². The van der Waals surface area contributed by atoms with E-state index in [9.17, 15) is 19.2 Å². The minimum absolute atomic E-state index is 0.154. The van der Waals surface area contributed by atoms with E-state index in [4.69, 9.17) is 9.47 Å². The number of amides is 2. The first-order valence-corrected chi connectivity index (χ1v) is 11.4. The number of aryl methyl sites for hydroxylation is 1. The van der Waals surface area contributed by atoms with Crippen molar-refractivity contribution in [3.8, 4) is 17.6 Å². The Kier molecular flexibility index (Phi) is 8.80. The molecule has 3 aromatic rings. The third-order valence-electron chi connectivity index (χ3n) is 4.80. The molecular weight excluding hydrogens is 564 g/mol. The lowest BCUT2D eigenvalue weighted by Gasteiger charge is -2.14. The number of methoxy groups -OCH3 is 1. The maximum atomic E-state index is 13.1. The maximum Gasteiger partial charge on any atom is 0.266 e. The van der Waals surface area contributed by atoms with E-state index in [-0.39, 0.29) is 18.1 Å². The lowest BCUT2D eigenvalue weighted by molar-refractivity contribution is -0.118. The van der Waals surface area contributed by atoms with Crippen LogP contribution in [0.5, 0.6) is 11.5 Å². The third kappa shape index (κ3) is 7.04. The van der Waals surface area contributed by atoms with Crippen LogP contribution in [0.15, 0.2) is 66.2 Å². The normalized spacial score (nSPS) is 10.8. The molecule has 0 aliphatic carbocycles. The zero-order valence-electron chi connectivity index (χ0n) is 18.9. The number of ether oxygens (including phenoxy) is 2. The summed E-state index contributed by atoms with van der Waals surface area (Å²) in [5.74, 6) is -0.704. The topological polar surface area (TPSA) is 100 Å².